The average molecular weight is 360 g/mol. The van der Waals surface area contributed by atoms with Gasteiger partial charge in [-0.15, -0.1) is 0 Å². The summed E-state index contributed by atoms with van der Waals surface area (Å²) in [6.07, 6.45) is 7.09. The molecule has 0 saturated heterocycles. The summed E-state index contributed by atoms with van der Waals surface area (Å²) < 4.78 is 20.7. The number of methoxy groups -OCH3 is 2. The molecule has 0 amide bonds. The molecule has 0 heterocycles. The molecule has 0 spiro atoms. The molecule has 6 nitrogen and oxygen atoms in total. The number of carbonyl (C=O) groups excluding carboxylic acids is 2. The van der Waals surface area contributed by atoms with E-state index in [1.807, 2.05) is 13.8 Å². The van der Waals surface area contributed by atoms with Gasteiger partial charge < -0.3 is 18.9 Å². The van der Waals surface area contributed by atoms with E-state index in [9.17, 15) is 9.59 Å². The van der Waals surface area contributed by atoms with Crippen LogP contribution in [0.4, 0.5) is 0 Å². The Balaban J connectivity index is 3.48. The number of carbonyl (C=O) groups is 2. The van der Waals surface area contributed by atoms with Gasteiger partial charge in [0, 0.05) is 27.1 Å². The number of unbranched alkanes of at least 4 members (excludes halogenated alkanes) is 4. The predicted molar refractivity (Wildman–Crippen MR) is 96.4 cm³/mol. The van der Waals surface area contributed by atoms with Crippen LogP contribution in [-0.4, -0.2) is 51.6 Å². The van der Waals surface area contributed by atoms with Crippen molar-refractivity contribution in [1.29, 1.82) is 0 Å². The van der Waals surface area contributed by atoms with Crippen LogP contribution in [-0.2, 0) is 28.5 Å². The standard InChI is InChI=1S/C19H36O6/c1-5-16(22-3)14-24-18(20)12-10-8-7-9-11-13-19(21)25-15-17(6-2)23-4/h16-17H,5-15H2,1-4H3. The highest BCUT2D eigenvalue weighted by Crippen LogP contribution is 2.09. The third-order valence-electron chi connectivity index (χ3n) is 4.20. The van der Waals surface area contributed by atoms with Crippen molar-refractivity contribution < 1.29 is 28.5 Å². The quantitative estimate of drug-likeness (QED) is 0.309. The Bertz CT molecular complexity index is 305. The Labute approximate surface area is 152 Å². The summed E-state index contributed by atoms with van der Waals surface area (Å²) in [5, 5.41) is 0. The number of esters is 2. The molecule has 2 atom stereocenters. The third kappa shape index (κ3) is 13.8. The normalized spacial score (nSPS) is 13.3. The van der Waals surface area contributed by atoms with Gasteiger partial charge >= 0.3 is 11.9 Å². The van der Waals surface area contributed by atoms with Gasteiger partial charge in [-0.05, 0) is 25.7 Å². The van der Waals surface area contributed by atoms with Gasteiger partial charge in [-0.3, -0.25) is 9.59 Å². The van der Waals surface area contributed by atoms with E-state index in [-0.39, 0.29) is 24.1 Å². The van der Waals surface area contributed by atoms with Gasteiger partial charge in [-0.2, -0.15) is 0 Å². The van der Waals surface area contributed by atoms with E-state index in [0.29, 0.717) is 26.1 Å². The first kappa shape index (κ1) is 23.9. The highest BCUT2D eigenvalue weighted by atomic mass is 16.6. The minimum Gasteiger partial charge on any atom is -0.463 e. The number of hydrogen-bond donors (Lipinski definition) is 0. The topological polar surface area (TPSA) is 71.1 Å². The van der Waals surface area contributed by atoms with E-state index in [1.165, 1.54) is 0 Å². The van der Waals surface area contributed by atoms with Gasteiger partial charge in [-0.25, -0.2) is 0 Å². The first-order chi connectivity index (χ1) is 12.1. The van der Waals surface area contributed by atoms with E-state index in [1.54, 1.807) is 14.2 Å². The minimum absolute atomic E-state index is 0.0137. The molecular weight excluding hydrogens is 324 g/mol. The second kappa shape index (κ2) is 16.3. The van der Waals surface area contributed by atoms with Crippen LogP contribution in [0.25, 0.3) is 0 Å². The van der Waals surface area contributed by atoms with Crippen molar-refractivity contribution in [2.45, 2.75) is 83.8 Å². The SMILES string of the molecule is CCC(COC(=O)CCCCCCCC(=O)OCC(CC)OC)OC. The largest absolute Gasteiger partial charge is 0.463 e. The van der Waals surface area contributed by atoms with Crippen molar-refractivity contribution in [3.63, 3.8) is 0 Å². The molecule has 0 radical (unpaired) electrons. The summed E-state index contributed by atoms with van der Waals surface area (Å²) in [5.74, 6) is -0.328. The van der Waals surface area contributed by atoms with Crippen molar-refractivity contribution in [3.8, 4) is 0 Å². The summed E-state index contributed by atoms with van der Waals surface area (Å²) in [6, 6.07) is 0. The maximum absolute atomic E-state index is 11.6. The van der Waals surface area contributed by atoms with E-state index < -0.39 is 0 Å². The fourth-order valence-corrected chi connectivity index (χ4v) is 2.29. The highest BCUT2D eigenvalue weighted by molar-refractivity contribution is 5.69. The van der Waals surface area contributed by atoms with E-state index in [4.69, 9.17) is 18.9 Å². The summed E-state index contributed by atoms with van der Waals surface area (Å²) in [6.45, 7) is 4.65. The van der Waals surface area contributed by atoms with Crippen molar-refractivity contribution in [2.24, 2.45) is 0 Å². The Morgan fingerprint density at radius 3 is 1.36 bits per heavy atom. The third-order valence-corrected chi connectivity index (χ3v) is 4.20. The molecule has 0 aromatic heterocycles. The van der Waals surface area contributed by atoms with Crippen molar-refractivity contribution >= 4 is 11.9 Å². The first-order valence-corrected chi connectivity index (χ1v) is 9.44. The molecule has 0 saturated carbocycles. The van der Waals surface area contributed by atoms with E-state index in [0.717, 1.165) is 44.9 Å². The molecule has 0 aromatic carbocycles. The second-order valence-corrected chi connectivity index (χ2v) is 6.17. The first-order valence-electron chi connectivity index (χ1n) is 9.44. The van der Waals surface area contributed by atoms with E-state index in [2.05, 4.69) is 0 Å². The molecule has 0 N–H and O–H groups in total. The zero-order chi connectivity index (χ0) is 18.9. The fraction of sp³-hybridized carbons (Fsp3) is 0.895. The molecule has 0 bridgehead atoms. The van der Waals surface area contributed by atoms with Gasteiger partial charge in [0.2, 0.25) is 0 Å². The van der Waals surface area contributed by atoms with E-state index >= 15 is 0 Å². The second-order valence-electron chi connectivity index (χ2n) is 6.17. The summed E-state index contributed by atoms with van der Waals surface area (Å²) in [5.41, 5.74) is 0. The van der Waals surface area contributed by atoms with Crippen LogP contribution in [0.1, 0.15) is 71.6 Å². The van der Waals surface area contributed by atoms with Crippen LogP contribution in [0.5, 0.6) is 0 Å². The highest BCUT2D eigenvalue weighted by Gasteiger charge is 2.10. The van der Waals surface area contributed by atoms with Crippen LogP contribution in [0, 0.1) is 0 Å². The minimum atomic E-state index is -0.164. The predicted octanol–water partition coefficient (Wildman–Crippen LogP) is 3.65. The lowest BCUT2D eigenvalue weighted by Gasteiger charge is -2.13. The molecule has 6 heteroatoms. The number of hydrogen-bond acceptors (Lipinski definition) is 6. The summed E-state index contributed by atoms with van der Waals surface area (Å²) in [4.78, 5) is 23.2. The molecular formula is C19H36O6. The molecule has 2 unspecified atom stereocenters. The van der Waals surface area contributed by atoms with Gasteiger partial charge in [0.25, 0.3) is 0 Å². The lowest BCUT2D eigenvalue weighted by molar-refractivity contribution is -0.148. The Hall–Kier alpha value is -1.14. The maximum atomic E-state index is 11.6. The van der Waals surface area contributed by atoms with Crippen molar-refractivity contribution in [3.05, 3.63) is 0 Å². The fourth-order valence-electron chi connectivity index (χ4n) is 2.29. The van der Waals surface area contributed by atoms with Crippen LogP contribution in [0.2, 0.25) is 0 Å². The average Bonchev–Trinajstić information content (AvgIpc) is 2.62. The monoisotopic (exact) mass is 360 g/mol. The van der Waals surface area contributed by atoms with Crippen LogP contribution in [0.3, 0.4) is 0 Å². The molecule has 0 aliphatic carbocycles. The molecule has 0 aliphatic rings. The van der Waals surface area contributed by atoms with Crippen LogP contribution >= 0.6 is 0 Å². The lowest BCUT2D eigenvalue weighted by atomic mass is 10.1. The Morgan fingerprint density at radius 1 is 0.680 bits per heavy atom. The van der Waals surface area contributed by atoms with Gasteiger partial charge in [0.15, 0.2) is 0 Å². The molecule has 0 aromatic rings. The summed E-state index contributed by atoms with van der Waals surface area (Å²) in [7, 11) is 3.25. The summed E-state index contributed by atoms with van der Waals surface area (Å²) >= 11 is 0. The molecule has 148 valence electrons. The van der Waals surface area contributed by atoms with Gasteiger partial charge in [0.1, 0.15) is 13.2 Å². The lowest BCUT2D eigenvalue weighted by Crippen LogP contribution is -2.20. The van der Waals surface area contributed by atoms with Crippen molar-refractivity contribution in [2.75, 3.05) is 27.4 Å². The molecule has 0 rings (SSSR count). The Morgan fingerprint density at radius 2 is 1.04 bits per heavy atom. The van der Waals surface area contributed by atoms with Crippen LogP contribution in [0.15, 0.2) is 0 Å². The molecule has 0 aliphatic heterocycles. The molecule has 0 fully saturated rings. The number of ether oxygens (including phenoxy) is 4. The van der Waals surface area contributed by atoms with Gasteiger partial charge in [0.05, 0.1) is 12.2 Å². The maximum Gasteiger partial charge on any atom is 0.305 e. The zero-order valence-electron chi connectivity index (χ0n) is 16.4. The zero-order valence-corrected chi connectivity index (χ0v) is 16.4. The van der Waals surface area contributed by atoms with Crippen LogP contribution < -0.4 is 0 Å². The molecule has 25 heavy (non-hydrogen) atoms. The number of rotatable bonds is 16. The van der Waals surface area contributed by atoms with Gasteiger partial charge in [-0.1, -0.05) is 33.1 Å². The van der Waals surface area contributed by atoms with Crippen molar-refractivity contribution in [1.82, 2.24) is 0 Å². The smallest absolute Gasteiger partial charge is 0.305 e. The Kier molecular flexibility index (Phi) is 15.6.